The van der Waals surface area contributed by atoms with Crippen LogP contribution in [0.2, 0.25) is 0 Å². The van der Waals surface area contributed by atoms with Gasteiger partial charge in [-0.2, -0.15) is 0 Å². The summed E-state index contributed by atoms with van der Waals surface area (Å²) in [6.45, 7) is 2.41. The third-order valence-corrected chi connectivity index (χ3v) is 3.66. The summed E-state index contributed by atoms with van der Waals surface area (Å²) in [7, 11) is -4.98. The Hall–Kier alpha value is -1.66. The minimum atomic E-state index is -4.98. The number of nitrogens with zero attached hydrogens (tertiary/aromatic N) is 2. The van der Waals surface area contributed by atoms with Gasteiger partial charge in [0.25, 0.3) is 5.56 Å². The molecule has 12 nitrogen and oxygen atoms in total. The maximum atomic E-state index is 11.8. The van der Waals surface area contributed by atoms with E-state index >= 15 is 0 Å². The van der Waals surface area contributed by atoms with Crippen LogP contribution in [0.15, 0.2) is 20.8 Å². The average molecular weight is 351 g/mol. The van der Waals surface area contributed by atoms with E-state index in [9.17, 15) is 24.4 Å². The van der Waals surface area contributed by atoms with Crippen molar-refractivity contribution in [2.75, 3.05) is 6.61 Å². The Morgan fingerprint density at radius 2 is 2.13 bits per heavy atom. The molecule has 1 aliphatic rings. The Bertz CT molecular complexity index is 753. The lowest BCUT2D eigenvalue weighted by Gasteiger charge is -2.20. The van der Waals surface area contributed by atoms with Crippen LogP contribution in [-0.2, 0) is 13.8 Å². The van der Waals surface area contributed by atoms with Crippen molar-refractivity contribution in [3.05, 3.63) is 27.0 Å². The third kappa shape index (κ3) is 3.64. The van der Waals surface area contributed by atoms with Crippen LogP contribution in [0.25, 0.3) is 0 Å². The highest BCUT2D eigenvalue weighted by Gasteiger charge is 2.48. The first-order valence-electron chi connectivity index (χ1n) is 6.18. The van der Waals surface area contributed by atoms with Crippen molar-refractivity contribution in [2.45, 2.75) is 24.5 Å². The van der Waals surface area contributed by atoms with Gasteiger partial charge in [0.05, 0.1) is 6.61 Å². The highest BCUT2D eigenvalue weighted by molar-refractivity contribution is 7.46. The maximum absolute atomic E-state index is 11.8. The molecular formula is C10H14N3O9P. The van der Waals surface area contributed by atoms with E-state index in [1.165, 1.54) is 0 Å². The van der Waals surface area contributed by atoms with E-state index in [4.69, 9.17) is 14.5 Å². The molecule has 0 amide bonds. The molecule has 2 rings (SSSR count). The smallest absolute Gasteiger partial charge is 0.394 e. The number of aromatic nitrogens is 2. The summed E-state index contributed by atoms with van der Waals surface area (Å²) in [5.74, 6) is 0. The Balaban J connectivity index is 2.42. The number of ether oxygens (including phenoxy) is 1. The maximum Gasteiger partial charge on any atom is 0.470 e. The van der Waals surface area contributed by atoms with Gasteiger partial charge in [0.15, 0.2) is 6.23 Å². The molecule has 0 radical (unpaired) electrons. The van der Waals surface area contributed by atoms with Gasteiger partial charge in [0, 0.05) is 6.20 Å². The fourth-order valence-corrected chi connectivity index (χ4v) is 2.74. The second-order valence-electron chi connectivity index (χ2n) is 4.64. The topological polar surface area (TPSA) is 184 Å². The van der Waals surface area contributed by atoms with Gasteiger partial charge >= 0.3 is 13.5 Å². The Morgan fingerprint density at radius 3 is 2.65 bits per heavy atom. The molecule has 1 aromatic rings. The summed E-state index contributed by atoms with van der Waals surface area (Å²) < 4.78 is 21.3. The molecule has 4 atom stereocenters. The lowest BCUT2D eigenvalue weighted by molar-refractivity contribution is -0.0548. The van der Waals surface area contributed by atoms with Crippen LogP contribution in [0.3, 0.4) is 0 Å². The zero-order chi connectivity index (χ0) is 17.4. The summed E-state index contributed by atoms with van der Waals surface area (Å²) in [6, 6.07) is 0. The minimum Gasteiger partial charge on any atom is -0.394 e. The second kappa shape index (κ2) is 6.45. The van der Waals surface area contributed by atoms with Gasteiger partial charge in [0.1, 0.15) is 24.0 Å². The van der Waals surface area contributed by atoms with Crippen LogP contribution in [-0.4, -0.2) is 61.2 Å². The molecule has 5 N–H and O–H groups in total. The molecule has 0 aliphatic carbocycles. The molecule has 0 aromatic carbocycles. The molecule has 13 heteroatoms. The van der Waals surface area contributed by atoms with Crippen LogP contribution in [0.4, 0.5) is 5.69 Å². The van der Waals surface area contributed by atoms with Crippen molar-refractivity contribution in [3.8, 4) is 0 Å². The highest BCUT2D eigenvalue weighted by Crippen LogP contribution is 2.43. The number of H-pyrrole nitrogens is 1. The molecule has 2 heterocycles. The molecular weight excluding hydrogens is 337 g/mol. The second-order valence-corrected chi connectivity index (χ2v) is 5.83. The summed E-state index contributed by atoms with van der Waals surface area (Å²) in [5, 5.41) is 19.3. The number of aliphatic hydroxyl groups is 2. The standard InChI is InChI=1S/C10H14N3O9P/c1-11-4-2-13(10(17)12-8(4)16)9-6(15)7(5(3-14)21-9)22-23(18,19)20/h2,5-7,9,14-15H,1,3H2,(H,12,16,17)(H2,18,19,20)/t5-,6-,7-,9-/m1/s1. The van der Waals surface area contributed by atoms with E-state index in [2.05, 4.69) is 16.2 Å². The van der Waals surface area contributed by atoms with Crippen molar-refractivity contribution in [3.63, 3.8) is 0 Å². The predicted molar refractivity (Wildman–Crippen MR) is 74.5 cm³/mol. The predicted octanol–water partition coefficient (Wildman–Crippen LogP) is -2.40. The number of aliphatic imine (C=N–C) groups is 1. The van der Waals surface area contributed by atoms with E-state index in [1.54, 1.807) is 0 Å². The number of rotatable bonds is 5. The summed E-state index contributed by atoms with van der Waals surface area (Å²) in [5.41, 5.74) is -2.00. The Morgan fingerprint density at radius 1 is 1.48 bits per heavy atom. The number of hydrogen-bond donors (Lipinski definition) is 5. The Labute approximate surface area is 127 Å². The molecule has 1 aromatic heterocycles. The molecule has 128 valence electrons. The number of hydrogen-bond acceptors (Lipinski definition) is 8. The highest BCUT2D eigenvalue weighted by atomic mass is 31.2. The quantitative estimate of drug-likeness (QED) is 0.285. The van der Waals surface area contributed by atoms with Gasteiger partial charge in [-0.1, -0.05) is 0 Å². The van der Waals surface area contributed by atoms with Crippen LogP contribution in [0.5, 0.6) is 0 Å². The van der Waals surface area contributed by atoms with Gasteiger partial charge in [-0.25, -0.2) is 9.36 Å². The molecule has 1 aliphatic heterocycles. The Kier molecular flexibility index (Phi) is 4.96. The van der Waals surface area contributed by atoms with Crippen LogP contribution in [0, 0.1) is 0 Å². The van der Waals surface area contributed by atoms with Crippen molar-refractivity contribution < 1.29 is 33.8 Å². The average Bonchev–Trinajstić information content (AvgIpc) is 2.74. The molecule has 1 saturated heterocycles. The third-order valence-electron chi connectivity index (χ3n) is 3.14. The van der Waals surface area contributed by atoms with Crippen molar-refractivity contribution in [1.82, 2.24) is 9.55 Å². The number of phosphoric ester groups is 1. The minimum absolute atomic E-state index is 0.236. The van der Waals surface area contributed by atoms with E-state index < -0.39 is 50.2 Å². The molecule has 23 heavy (non-hydrogen) atoms. The first-order chi connectivity index (χ1) is 10.7. The van der Waals surface area contributed by atoms with E-state index in [0.717, 1.165) is 10.8 Å². The molecule has 0 bridgehead atoms. The lowest BCUT2D eigenvalue weighted by Crippen LogP contribution is -2.38. The monoisotopic (exact) mass is 351 g/mol. The molecule has 1 fully saturated rings. The van der Waals surface area contributed by atoms with Crippen molar-refractivity contribution in [2.24, 2.45) is 4.99 Å². The number of aliphatic hydroxyl groups excluding tert-OH is 2. The van der Waals surface area contributed by atoms with Crippen LogP contribution in [0.1, 0.15) is 6.23 Å². The largest absolute Gasteiger partial charge is 0.470 e. The van der Waals surface area contributed by atoms with Gasteiger partial charge < -0.3 is 24.7 Å². The fraction of sp³-hybridized carbons (Fsp3) is 0.500. The normalized spacial score (nSPS) is 28.0. The van der Waals surface area contributed by atoms with E-state index in [-0.39, 0.29) is 5.69 Å². The van der Waals surface area contributed by atoms with Crippen molar-refractivity contribution in [1.29, 1.82) is 0 Å². The van der Waals surface area contributed by atoms with Crippen LogP contribution < -0.4 is 11.2 Å². The number of phosphoric acid groups is 1. The van der Waals surface area contributed by atoms with Gasteiger partial charge in [-0.3, -0.25) is 23.9 Å². The zero-order valence-electron chi connectivity index (χ0n) is 11.5. The van der Waals surface area contributed by atoms with E-state index in [0.29, 0.717) is 0 Å². The molecule has 0 spiro atoms. The zero-order valence-corrected chi connectivity index (χ0v) is 12.4. The van der Waals surface area contributed by atoms with E-state index in [1.807, 2.05) is 4.98 Å². The fourth-order valence-electron chi connectivity index (χ4n) is 2.16. The first kappa shape index (κ1) is 17.7. The summed E-state index contributed by atoms with van der Waals surface area (Å²) in [6.07, 6.45) is -5.11. The SMILES string of the molecule is C=Nc1cn([C@@H]2O[C@H](CO)[C@@H](OP(=O)(O)O)[C@H]2O)c(=O)[nH]c1=O. The van der Waals surface area contributed by atoms with Gasteiger partial charge in [-0.05, 0) is 6.72 Å². The summed E-state index contributed by atoms with van der Waals surface area (Å²) in [4.78, 5) is 46.2. The molecule has 0 unspecified atom stereocenters. The van der Waals surface area contributed by atoms with Crippen molar-refractivity contribution >= 4 is 20.2 Å². The van der Waals surface area contributed by atoms with Gasteiger partial charge in [0.2, 0.25) is 0 Å². The number of nitrogens with one attached hydrogen (secondary N) is 1. The van der Waals surface area contributed by atoms with Crippen LogP contribution >= 0.6 is 7.82 Å². The lowest BCUT2D eigenvalue weighted by atomic mass is 10.1. The first-order valence-corrected chi connectivity index (χ1v) is 7.71. The summed E-state index contributed by atoms with van der Waals surface area (Å²) >= 11 is 0. The van der Waals surface area contributed by atoms with Gasteiger partial charge in [-0.15, -0.1) is 0 Å². The molecule has 0 saturated carbocycles. The number of aromatic amines is 1.